The molecule has 19 heavy (non-hydrogen) atoms. The molecule has 0 amide bonds. The fourth-order valence-electron chi connectivity index (χ4n) is 2.64. The van der Waals surface area contributed by atoms with Gasteiger partial charge in [0.1, 0.15) is 11.6 Å². The standard InChI is InChI=1S/C16H25F2N/c1-5-7-8-12(6-2)16(19-4)13-9-11(3)14(17)10-15(13)18/h9-10,12,16,19H,5-8H2,1-4H3. The summed E-state index contributed by atoms with van der Waals surface area (Å²) in [6, 6.07) is 2.60. The highest BCUT2D eigenvalue weighted by Gasteiger charge is 2.23. The van der Waals surface area contributed by atoms with Crippen molar-refractivity contribution in [2.75, 3.05) is 7.05 Å². The highest BCUT2D eigenvalue weighted by Crippen LogP contribution is 2.31. The Labute approximate surface area is 115 Å². The highest BCUT2D eigenvalue weighted by molar-refractivity contribution is 5.28. The maximum Gasteiger partial charge on any atom is 0.130 e. The van der Waals surface area contributed by atoms with Gasteiger partial charge in [0.2, 0.25) is 0 Å². The molecule has 1 nitrogen and oxygen atoms in total. The summed E-state index contributed by atoms with van der Waals surface area (Å²) in [6.45, 7) is 5.96. The SMILES string of the molecule is CCCCC(CC)C(NC)c1cc(C)c(F)cc1F. The third-order valence-corrected chi connectivity index (χ3v) is 3.85. The average molecular weight is 269 g/mol. The third-order valence-electron chi connectivity index (χ3n) is 3.85. The van der Waals surface area contributed by atoms with E-state index in [1.807, 2.05) is 7.05 Å². The smallest absolute Gasteiger partial charge is 0.130 e. The molecule has 108 valence electrons. The molecule has 1 N–H and O–H groups in total. The van der Waals surface area contributed by atoms with Gasteiger partial charge in [-0.1, -0.05) is 33.1 Å². The van der Waals surface area contributed by atoms with E-state index in [1.54, 1.807) is 13.0 Å². The van der Waals surface area contributed by atoms with Gasteiger partial charge in [-0.2, -0.15) is 0 Å². The van der Waals surface area contributed by atoms with Crippen LogP contribution in [0.25, 0.3) is 0 Å². The Hall–Kier alpha value is -0.960. The second-order valence-corrected chi connectivity index (χ2v) is 5.20. The summed E-state index contributed by atoms with van der Waals surface area (Å²) in [6.07, 6.45) is 4.33. The predicted molar refractivity (Wildman–Crippen MR) is 76.2 cm³/mol. The van der Waals surface area contributed by atoms with Crippen molar-refractivity contribution >= 4 is 0 Å². The molecule has 0 aliphatic carbocycles. The van der Waals surface area contributed by atoms with Crippen LogP contribution in [-0.4, -0.2) is 7.05 Å². The molecule has 1 aromatic rings. The van der Waals surface area contributed by atoms with E-state index in [-0.39, 0.29) is 6.04 Å². The van der Waals surface area contributed by atoms with Gasteiger partial charge < -0.3 is 5.32 Å². The summed E-state index contributed by atoms with van der Waals surface area (Å²) in [7, 11) is 1.84. The molecule has 2 unspecified atom stereocenters. The summed E-state index contributed by atoms with van der Waals surface area (Å²) in [5, 5.41) is 3.20. The molecule has 0 aliphatic rings. The normalized spacial score (nSPS) is 14.4. The van der Waals surface area contributed by atoms with Crippen LogP contribution in [0, 0.1) is 24.5 Å². The first-order valence-electron chi connectivity index (χ1n) is 7.17. The number of nitrogens with one attached hydrogen (secondary N) is 1. The van der Waals surface area contributed by atoms with Crippen LogP contribution in [0.3, 0.4) is 0 Å². The molecule has 0 spiro atoms. The van der Waals surface area contributed by atoms with E-state index in [1.165, 1.54) is 0 Å². The number of benzene rings is 1. The maximum absolute atomic E-state index is 14.0. The van der Waals surface area contributed by atoms with E-state index < -0.39 is 11.6 Å². The lowest BCUT2D eigenvalue weighted by Gasteiger charge is -2.27. The molecule has 0 aliphatic heterocycles. The summed E-state index contributed by atoms with van der Waals surface area (Å²) < 4.78 is 27.4. The summed E-state index contributed by atoms with van der Waals surface area (Å²) >= 11 is 0. The molecule has 0 saturated carbocycles. The number of rotatable bonds is 7. The van der Waals surface area contributed by atoms with Crippen molar-refractivity contribution in [3.8, 4) is 0 Å². The first-order chi connectivity index (χ1) is 9.04. The number of halogens is 2. The van der Waals surface area contributed by atoms with E-state index in [2.05, 4.69) is 19.2 Å². The van der Waals surface area contributed by atoms with Gasteiger partial charge in [-0.3, -0.25) is 0 Å². The molecule has 0 heterocycles. The zero-order chi connectivity index (χ0) is 14.4. The second kappa shape index (κ2) is 7.59. The van der Waals surface area contributed by atoms with Crippen LogP contribution in [0.4, 0.5) is 8.78 Å². The first kappa shape index (κ1) is 16.1. The zero-order valence-corrected chi connectivity index (χ0v) is 12.4. The molecule has 1 aromatic carbocycles. The topological polar surface area (TPSA) is 12.0 Å². The van der Waals surface area contributed by atoms with Gasteiger partial charge in [-0.25, -0.2) is 8.78 Å². The van der Waals surface area contributed by atoms with Crippen LogP contribution in [-0.2, 0) is 0 Å². The lowest BCUT2D eigenvalue weighted by molar-refractivity contribution is 0.330. The van der Waals surface area contributed by atoms with Crippen LogP contribution < -0.4 is 5.32 Å². The van der Waals surface area contributed by atoms with Gasteiger partial charge in [0.15, 0.2) is 0 Å². The summed E-state index contributed by atoms with van der Waals surface area (Å²) in [4.78, 5) is 0. The minimum atomic E-state index is -0.474. The molecule has 1 rings (SSSR count). The fourth-order valence-corrected chi connectivity index (χ4v) is 2.64. The van der Waals surface area contributed by atoms with E-state index in [0.717, 1.165) is 31.7 Å². The Morgan fingerprint density at radius 3 is 2.37 bits per heavy atom. The Morgan fingerprint density at radius 2 is 1.84 bits per heavy atom. The minimum Gasteiger partial charge on any atom is -0.313 e. The number of hydrogen-bond acceptors (Lipinski definition) is 1. The van der Waals surface area contributed by atoms with Crippen molar-refractivity contribution < 1.29 is 8.78 Å². The second-order valence-electron chi connectivity index (χ2n) is 5.20. The lowest BCUT2D eigenvalue weighted by atomic mass is 9.86. The molecule has 2 atom stereocenters. The largest absolute Gasteiger partial charge is 0.313 e. The van der Waals surface area contributed by atoms with Crippen molar-refractivity contribution in [1.29, 1.82) is 0 Å². The van der Waals surface area contributed by atoms with Gasteiger partial charge in [-0.15, -0.1) is 0 Å². The van der Waals surface area contributed by atoms with Crippen LogP contribution in [0.5, 0.6) is 0 Å². The van der Waals surface area contributed by atoms with Crippen molar-refractivity contribution in [3.05, 3.63) is 34.9 Å². The van der Waals surface area contributed by atoms with Crippen LogP contribution >= 0.6 is 0 Å². The van der Waals surface area contributed by atoms with Gasteiger partial charge in [0.05, 0.1) is 0 Å². The van der Waals surface area contributed by atoms with Crippen molar-refractivity contribution in [2.24, 2.45) is 5.92 Å². The van der Waals surface area contributed by atoms with E-state index in [0.29, 0.717) is 17.0 Å². The molecule has 0 bridgehead atoms. The highest BCUT2D eigenvalue weighted by atomic mass is 19.1. The Kier molecular flexibility index (Phi) is 6.43. The predicted octanol–water partition coefficient (Wildman–Crippen LogP) is 4.75. The Balaban J connectivity index is 3.04. The minimum absolute atomic E-state index is 0.0455. The zero-order valence-electron chi connectivity index (χ0n) is 12.4. The van der Waals surface area contributed by atoms with Gasteiger partial charge in [-0.05, 0) is 37.9 Å². The molecule has 0 saturated heterocycles. The van der Waals surface area contributed by atoms with Crippen LogP contribution in [0.15, 0.2) is 12.1 Å². The molecular weight excluding hydrogens is 244 g/mol. The number of hydrogen-bond donors (Lipinski definition) is 1. The molecular formula is C16H25F2N. The average Bonchev–Trinajstić information content (AvgIpc) is 2.39. The van der Waals surface area contributed by atoms with Crippen molar-refractivity contribution in [1.82, 2.24) is 5.32 Å². The fraction of sp³-hybridized carbons (Fsp3) is 0.625. The van der Waals surface area contributed by atoms with E-state index >= 15 is 0 Å². The van der Waals surface area contributed by atoms with E-state index in [9.17, 15) is 8.78 Å². The first-order valence-corrected chi connectivity index (χ1v) is 7.17. The quantitative estimate of drug-likeness (QED) is 0.753. The van der Waals surface area contributed by atoms with Crippen molar-refractivity contribution in [3.63, 3.8) is 0 Å². The van der Waals surface area contributed by atoms with Gasteiger partial charge >= 0.3 is 0 Å². The number of unbranched alkanes of at least 4 members (excludes halogenated alkanes) is 1. The van der Waals surface area contributed by atoms with Crippen LogP contribution in [0.2, 0.25) is 0 Å². The molecule has 3 heteroatoms. The Morgan fingerprint density at radius 1 is 1.16 bits per heavy atom. The maximum atomic E-state index is 14.0. The van der Waals surface area contributed by atoms with Gasteiger partial charge in [0.25, 0.3) is 0 Å². The molecule has 0 fully saturated rings. The third kappa shape index (κ3) is 4.00. The monoisotopic (exact) mass is 269 g/mol. The summed E-state index contributed by atoms with van der Waals surface area (Å²) in [5.41, 5.74) is 1.09. The summed E-state index contributed by atoms with van der Waals surface area (Å²) in [5.74, 6) is -0.542. The lowest BCUT2D eigenvalue weighted by Crippen LogP contribution is -2.26. The van der Waals surface area contributed by atoms with Crippen LogP contribution in [0.1, 0.15) is 56.7 Å². The van der Waals surface area contributed by atoms with Gasteiger partial charge in [0, 0.05) is 17.7 Å². The number of aryl methyl sites for hydroxylation is 1. The molecule has 0 radical (unpaired) electrons. The Bertz CT molecular complexity index is 404. The van der Waals surface area contributed by atoms with Crippen molar-refractivity contribution in [2.45, 2.75) is 52.5 Å². The van der Waals surface area contributed by atoms with E-state index in [4.69, 9.17) is 0 Å². The molecule has 0 aromatic heterocycles.